The first kappa shape index (κ1) is 17.1. The highest BCUT2D eigenvalue weighted by atomic mass is 16.5. The van der Waals surface area contributed by atoms with Crippen LogP contribution in [0, 0.1) is 0 Å². The Hall–Kier alpha value is -3.02. The van der Waals surface area contributed by atoms with Crippen LogP contribution in [0.15, 0.2) is 47.0 Å². The van der Waals surface area contributed by atoms with Gasteiger partial charge in [0, 0.05) is 18.4 Å². The fraction of sp³-hybridized carbons (Fsp3) is 0.364. The molecule has 0 saturated carbocycles. The lowest BCUT2D eigenvalue weighted by Gasteiger charge is -2.25. The first-order valence-electron chi connectivity index (χ1n) is 9.82. The molecule has 6 heteroatoms. The number of hydrogen-bond donors (Lipinski definition) is 0. The van der Waals surface area contributed by atoms with Crippen molar-refractivity contribution in [2.75, 3.05) is 19.8 Å². The second-order valence-electron chi connectivity index (χ2n) is 7.30. The molecule has 1 amide bonds. The highest BCUT2D eigenvalue weighted by Crippen LogP contribution is 2.38. The van der Waals surface area contributed by atoms with Gasteiger partial charge < -0.3 is 18.9 Å². The molecule has 0 aliphatic carbocycles. The van der Waals surface area contributed by atoms with Crippen molar-refractivity contribution in [2.24, 2.45) is 0 Å². The number of aromatic nitrogens is 1. The molecule has 0 radical (unpaired) electrons. The van der Waals surface area contributed by atoms with Gasteiger partial charge in [0.25, 0.3) is 0 Å². The lowest BCUT2D eigenvalue weighted by atomic mass is 10.0. The van der Waals surface area contributed by atoms with Crippen molar-refractivity contribution in [3.05, 3.63) is 53.7 Å². The molecule has 1 aromatic heterocycles. The molecule has 0 unspecified atom stereocenters. The van der Waals surface area contributed by atoms with E-state index in [-0.39, 0.29) is 18.4 Å². The van der Waals surface area contributed by atoms with Crippen LogP contribution in [0.25, 0.3) is 11.0 Å². The van der Waals surface area contributed by atoms with Gasteiger partial charge in [-0.05, 0) is 42.7 Å². The second-order valence-corrected chi connectivity index (χ2v) is 7.30. The van der Waals surface area contributed by atoms with Crippen molar-refractivity contribution < 1.29 is 18.8 Å². The Bertz CT molecular complexity index is 1010. The van der Waals surface area contributed by atoms with Gasteiger partial charge in [0.2, 0.25) is 5.91 Å². The summed E-state index contributed by atoms with van der Waals surface area (Å²) in [6.45, 7) is 2.09. The van der Waals surface area contributed by atoms with E-state index >= 15 is 0 Å². The maximum atomic E-state index is 13.1. The number of benzene rings is 2. The normalized spacial score (nSPS) is 19.0. The highest BCUT2D eigenvalue weighted by molar-refractivity contribution is 5.86. The zero-order chi connectivity index (χ0) is 18.9. The summed E-state index contributed by atoms with van der Waals surface area (Å²) < 4.78 is 16.9. The summed E-state index contributed by atoms with van der Waals surface area (Å²) in [5.74, 6) is 1.64. The Morgan fingerprint density at radius 3 is 2.86 bits per heavy atom. The molecule has 0 spiro atoms. The van der Waals surface area contributed by atoms with Gasteiger partial charge in [-0.25, -0.2) is 0 Å². The Kier molecular flexibility index (Phi) is 4.39. The maximum absolute atomic E-state index is 13.1. The molecule has 1 atom stereocenters. The van der Waals surface area contributed by atoms with Gasteiger partial charge in [-0.3, -0.25) is 4.79 Å². The molecule has 144 valence electrons. The average Bonchev–Trinajstić information content (AvgIpc) is 3.30. The SMILES string of the molecule is O=C(Cc1noc2ccccc12)N1CCC[C@@H]1c1ccc2c(c1)OCCCO2. The molecule has 28 heavy (non-hydrogen) atoms. The molecule has 3 heterocycles. The number of hydrogen-bond acceptors (Lipinski definition) is 5. The van der Waals surface area contributed by atoms with Crippen LogP contribution in [0.2, 0.25) is 0 Å². The summed E-state index contributed by atoms with van der Waals surface area (Å²) in [7, 11) is 0. The minimum Gasteiger partial charge on any atom is -0.490 e. The molecule has 2 aliphatic heterocycles. The largest absolute Gasteiger partial charge is 0.490 e. The molecule has 2 aromatic carbocycles. The van der Waals surface area contributed by atoms with Crippen molar-refractivity contribution >= 4 is 16.9 Å². The molecule has 5 rings (SSSR count). The quantitative estimate of drug-likeness (QED) is 0.692. The molecule has 1 fully saturated rings. The van der Waals surface area contributed by atoms with E-state index < -0.39 is 0 Å². The number of rotatable bonds is 3. The van der Waals surface area contributed by atoms with E-state index in [1.807, 2.05) is 41.3 Å². The highest BCUT2D eigenvalue weighted by Gasteiger charge is 2.31. The second kappa shape index (κ2) is 7.19. The monoisotopic (exact) mass is 378 g/mol. The summed E-state index contributed by atoms with van der Waals surface area (Å²) >= 11 is 0. The van der Waals surface area contributed by atoms with Gasteiger partial charge in [-0.15, -0.1) is 0 Å². The van der Waals surface area contributed by atoms with Crippen molar-refractivity contribution in [3.8, 4) is 11.5 Å². The lowest BCUT2D eigenvalue weighted by Crippen LogP contribution is -2.32. The van der Waals surface area contributed by atoms with Crippen LogP contribution >= 0.6 is 0 Å². The van der Waals surface area contributed by atoms with Crippen molar-refractivity contribution in [1.29, 1.82) is 0 Å². The van der Waals surface area contributed by atoms with Gasteiger partial charge in [0.05, 0.1) is 25.7 Å². The van der Waals surface area contributed by atoms with Crippen LogP contribution in [-0.4, -0.2) is 35.7 Å². The van der Waals surface area contributed by atoms with Crippen LogP contribution in [0.5, 0.6) is 11.5 Å². The molecular formula is C22H22N2O4. The standard InChI is InChI=1S/C22H22N2O4/c25-22(14-17-16-5-1-2-7-19(16)28-23-17)24-10-3-6-18(24)15-8-9-20-21(13-15)27-12-4-11-26-20/h1-2,5,7-9,13,18H,3-4,6,10-12,14H2/t18-/m1/s1. The third-order valence-electron chi connectivity index (χ3n) is 5.50. The molecule has 6 nitrogen and oxygen atoms in total. The van der Waals surface area contributed by atoms with Crippen LogP contribution in [0.1, 0.15) is 36.6 Å². The van der Waals surface area contributed by atoms with E-state index in [9.17, 15) is 4.79 Å². The third-order valence-corrected chi connectivity index (χ3v) is 5.50. The summed E-state index contributed by atoms with van der Waals surface area (Å²) in [6, 6.07) is 13.7. The van der Waals surface area contributed by atoms with Crippen LogP contribution in [0.3, 0.4) is 0 Å². The molecule has 3 aromatic rings. The van der Waals surface area contributed by atoms with E-state index in [2.05, 4.69) is 11.2 Å². The average molecular weight is 378 g/mol. The van der Waals surface area contributed by atoms with Crippen LogP contribution in [0.4, 0.5) is 0 Å². The van der Waals surface area contributed by atoms with E-state index in [1.54, 1.807) is 0 Å². The molecule has 0 bridgehead atoms. The lowest BCUT2D eigenvalue weighted by molar-refractivity contribution is -0.131. The molecular weight excluding hydrogens is 356 g/mol. The number of ether oxygens (including phenoxy) is 2. The van der Waals surface area contributed by atoms with Gasteiger partial charge in [0.15, 0.2) is 17.1 Å². The fourth-order valence-electron chi connectivity index (χ4n) is 4.11. The van der Waals surface area contributed by atoms with Gasteiger partial charge >= 0.3 is 0 Å². The van der Waals surface area contributed by atoms with Crippen molar-refractivity contribution in [2.45, 2.75) is 31.7 Å². The summed E-state index contributed by atoms with van der Waals surface area (Å²) in [4.78, 5) is 15.0. The maximum Gasteiger partial charge on any atom is 0.229 e. The Morgan fingerprint density at radius 2 is 1.93 bits per heavy atom. The summed E-state index contributed by atoms with van der Waals surface area (Å²) in [5.41, 5.74) is 2.51. The van der Waals surface area contributed by atoms with E-state index in [0.717, 1.165) is 48.3 Å². The van der Waals surface area contributed by atoms with E-state index in [1.165, 1.54) is 0 Å². The van der Waals surface area contributed by atoms with Gasteiger partial charge in [-0.2, -0.15) is 0 Å². The molecule has 1 saturated heterocycles. The first-order chi connectivity index (χ1) is 13.8. The minimum atomic E-state index is 0.0582. The smallest absolute Gasteiger partial charge is 0.229 e. The molecule has 2 aliphatic rings. The topological polar surface area (TPSA) is 64.8 Å². The zero-order valence-electron chi connectivity index (χ0n) is 15.6. The van der Waals surface area contributed by atoms with Crippen molar-refractivity contribution in [3.63, 3.8) is 0 Å². The Morgan fingerprint density at radius 1 is 1.07 bits per heavy atom. The minimum absolute atomic E-state index is 0.0582. The van der Waals surface area contributed by atoms with Crippen molar-refractivity contribution in [1.82, 2.24) is 10.1 Å². The zero-order valence-corrected chi connectivity index (χ0v) is 15.6. The summed E-state index contributed by atoms with van der Waals surface area (Å²) in [6.07, 6.45) is 3.07. The van der Waals surface area contributed by atoms with Crippen LogP contribution in [-0.2, 0) is 11.2 Å². The number of likely N-dealkylation sites (tertiary alicyclic amines) is 1. The number of amides is 1. The molecule has 0 N–H and O–H groups in total. The Labute approximate surface area is 163 Å². The number of carbonyl (C=O) groups is 1. The number of fused-ring (bicyclic) bond motifs is 2. The predicted octanol–water partition coefficient (Wildman–Crippen LogP) is 3.90. The fourth-order valence-corrected chi connectivity index (χ4v) is 4.11. The third kappa shape index (κ3) is 3.09. The first-order valence-corrected chi connectivity index (χ1v) is 9.82. The van der Waals surface area contributed by atoms with E-state index in [0.29, 0.717) is 24.5 Å². The van der Waals surface area contributed by atoms with Crippen LogP contribution < -0.4 is 9.47 Å². The summed E-state index contributed by atoms with van der Waals surface area (Å²) in [5, 5.41) is 5.02. The number of para-hydroxylation sites is 1. The number of carbonyl (C=O) groups excluding carboxylic acids is 1. The predicted molar refractivity (Wildman–Crippen MR) is 103 cm³/mol. The number of nitrogens with zero attached hydrogens (tertiary/aromatic N) is 2. The Balaban J connectivity index is 1.38. The van der Waals surface area contributed by atoms with E-state index in [4.69, 9.17) is 14.0 Å². The van der Waals surface area contributed by atoms with Gasteiger partial charge in [0.1, 0.15) is 5.69 Å². The van der Waals surface area contributed by atoms with Gasteiger partial charge in [-0.1, -0.05) is 23.4 Å².